The summed E-state index contributed by atoms with van der Waals surface area (Å²) < 4.78 is 4.57. The fraction of sp³-hybridized carbons (Fsp3) is 0.571. The molecule has 0 saturated heterocycles. The zero-order chi connectivity index (χ0) is 10.1. The fourth-order valence-corrected chi connectivity index (χ4v) is 2.15. The van der Waals surface area contributed by atoms with Gasteiger partial charge in [-0.05, 0) is 5.22 Å². The number of methoxy groups -OCH3 is 1. The molecule has 1 aliphatic heterocycles. The van der Waals surface area contributed by atoms with Crippen LogP contribution in [-0.4, -0.2) is 21.2 Å². The minimum atomic E-state index is -1.64. The Labute approximate surface area is 77.9 Å². The molecule has 0 amide bonds. The monoisotopic (exact) mass is 198 g/mol. The molecule has 0 saturated carbocycles. The van der Waals surface area contributed by atoms with Gasteiger partial charge in [0.1, 0.15) is 8.07 Å². The lowest BCUT2D eigenvalue weighted by Gasteiger charge is -2.13. The van der Waals surface area contributed by atoms with Crippen LogP contribution in [0.25, 0.3) is 0 Å². The molecule has 0 atom stereocenters. The molecule has 0 aromatic heterocycles. The molecule has 13 heavy (non-hydrogen) atoms. The maximum atomic E-state index is 11.2. The normalized spacial score (nSPS) is 16.0. The van der Waals surface area contributed by atoms with Crippen LogP contribution in [0, 0.1) is 0 Å². The van der Waals surface area contributed by atoms with Gasteiger partial charge in [-0.15, -0.1) is 10.5 Å². The Bertz CT molecular complexity index is 291. The Morgan fingerprint density at radius 1 is 1.38 bits per heavy atom. The van der Waals surface area contributed by atoms with Crippen molar-refractivity contribution in [3.63, 3.8) is 0 Å². The van der Waals surface area contributed by atoms with E-state index in [2.05, 4.69) is 40.1 Å². The second-order valence-electron chi connectivity index (χ2n) is 3.73. The first-order valence-corrected chi connectivity index (χ1v) is 7.41. The van der Waals surface area contributed by atoms with Gasteiger partial charge in [-0.3, -0.25) is 0 Å². The molecule has 0 aromatic rings. The van der Waals surface area contributed by atoms with Crippen LogP contribution in [0.2, 0.25) is 19.6 Å². The summed E-state index contributed by atoms with van der Waals surface area (Å²) in [5.41, 5.74) is 3.92. The standard InChI is InChI=1S/C7H12N3O2Si/c1-12-7(11)5-6(9-10-8-5)13(2,3)4/h1-4H3. The van der Waals surface area contributed by atoms with Crippen molar-refractivity contribution in [3.05, 3.63) is 11.0 Å². The molecule has 1 heterocycles. The van der Waals surface area contributed by atoms with E-state index in [-0.39, 0.29) is 5.70 Å². The van der Waals surface area contributed by atoms with Gasteiger partial charge in [0.05, 0.1) is 12.4 Å². The molecule has 6 heteroatoms. The Morgan fingerprint density at radius 3 is 2.46 bits per heavy atom. The molecule has 1 aliphatic rings. The van der Waals surface area contributed by atoms with Crippen LogP contribution >= 0.6 is 0 Å². The van der Waals surface area contributed by atoms with Crippen LogP contribution in [-0.2, 0) is 9.53 Å². The predicted octanol–water partition coefficient (Wildman–Crippen LogP) is 1.23. The predicted molar refractivity (Wildman–Crippen MR) is 49.4 cm³/mol. The van der Waals surface area contributed by atoms with E-state index in [0.29, 0.717) is 5.32 Å². The molecule has 5 nitrogen and oxygen atoms in total. The van der Waals surface area contributed by atoms with Gasteiger partial charge in [0.2, 0.25) is 0 Å². The first-order valence-electron chi connectivity index (χ1n) is 3.91. The summed E-state index contributed by atoms with van der Waals surface area (Å²) in [6, 6.07) is 0. The Kier molecular flexibility index (Phi) is 2.51. The minimum Gasteiger partial charge on any atom is -0.464 e. The molecule has 0 aliphatic carbocycles. The van der Waals surface area contributed by atoms with Gasteiger partial charge in [0.25, 0.3) is 0 Å². The molecule has 0 unspecified atom stereocenters. The van der Waals surface area contributed by atoms with Crippen molar-refractivity contribution in [1.29, 1.82) is 0 Å². The molecule has 0 spiro atoms. The van der Waals surface area contributed by atoms with Crippen molar-refractivity contribution in [2.45, 2.75) is 19.6 Å². The van der Waals surface area contributed by atoms with Gasteiger partial charge in [-0.2, -0.15) is 0 Å². The van der Waals surface area contributed by atoms with E-state index in [1.165, 1.54) is 7.11 Å². The number of esters is 1. The first-order chi connectivity index (χ1) is 5.96. The van der Waals surface area contributed by atoms with E-state index in [0.717, 1.165) is 0 Å². The third kappa shape index (κ3) is 1.94. The quantitative estimate of drug-likeness (QED) is 0.495. The fourth-order valence-electron chi connectivity index (χ4n) is 0.946. The molecule has 1 rings (SSSR count). The van der Waals surface area contributed by atoms with Crippen LogP contribution in [0.1, 0.15) is 0 Å². The third-order valence-corrected chi connectivity index (χ3v) is 3.36. The van der Waals surface area contributed by atoms with E-state index < -0.39 is 14.0 Å². The molecule has 1 radical (unpaired) electrons. The second-order valence-corrected chi connectivity index (χ2v) is 8.70. The molecule has 71 valence electrons. The van der Waals surface area contributed by atoms with Crippen molar-refractivity contribution in [1.82, 2.24) is 5.43 Å². The summed E-state index contributed by atoms with van der Waals surface area (Å²) in [5.74, 6) is -0.456. The number of rotatable bonds is 2. The van der Waals surface area contributed by atoms with Gasteiger partial charge < -0.3 is 4.74 Å². The van der Waals surface area contributed by atoms with Crippen molar-refractivity contribution >= 4 is 14.0 Å². The largest absolute Gasteiger partial charge is 0.464 e. The van der Waals surface area contributed by atoms with Crippen molar-refractivity contribution < 1.29 is 9.53 Å². The number of carbonyl (C=O) groups is 1. The highest BCUT2D eigenvalue weighted by atomic mass is 28.3. The van der Waals surface area contributed by atoms with E-state index in [9.17, 15) is 4.79 Å². The lowest BCUT2D eigenvalue weighted by atomic mass is 10.5. The maximum Gasteiger partial charge on any atom is 0.360 e. The molecule has 0 fully saturated rings. The van der Waals surface area contributed by atoms with Crippen LogP contribution < -0.4 is 5.43 Å². The number of hydrogen-bond donors (Lipinski definition) is 0. The maximum absolute atomic E-state index is 11.2. The summed E-state index contributed by atoms with van der Waals surface area (Å²) in [4.78, 5) is 11.2. The van der Waals surface area contributed by atoms with Crippen LogP contribution in [0.4, 0.5) is 0 Å². The van der Waals surface area contributed by atoms with Crippen molar-refractivity contribution in [3.8, 4) is 0 Å². The van der Waals surface area contributed by atoms with Gasteiger partial charge in [0.15, 0.2) is 5.70 Å². The van der Waals surface area contributed by atoms with Crippen LogP contribution in [0.5, 0.6) is 0 Å². The summed E-state index contributed by atoms with van der Waals surface area (Å²) in [6.45, 7) is 6.22. The smallest absolute Gasteiger partial charge is 0.360 e. The van der Waals surface area contributed by atoms with Crippen LogP contribution in [0.3, 0.4) is 0 Å². The number of hydrogen-bond acceptors (Lipinski definition) is 4. The number of nitrogens with zero attached hydrogens (tertiary/aromatic N) is 3. The van der Waals surface area contributed by atoms with Crippen molar-refractivity contribution in [2.75, 3.05) is 7.11 Å². The first kappa shape index (κ1) is 9.91. The highest BCUT2D eigenvalue weighted by Gasteiger charge is 2.32. The van der Waals surface area contributed by atoms with Gasteiger partial charge >= 0.3 is 5.97 Å². The van der Waals surface area contributed by atoms with Gasteiger partial charge in [-0.25, -0.2) is 4.79 Å². The molecule has 0 bridgehead atoms. The number of carbonyl (C=O) groups excluding carboxylic acids is 1. The average molecular weight is 198 g/mol. The number of ether oxygens (including phenoxy) is 1. The Hall–Kier alpha value is -1.17. The van der Waals surface area contributed by atoms with E-state index in [4.69, 9.17) is 0 Å². The Balaban J connectivity index is 3.02. The SMILES string of the molecule is COC(=O)C1=C([Si](C)(C)C)N=N[N]1. The van der Waals surface area contributed by atoms with Gasteiger partial charge in [-0.1, -0.05) is 19.6 Å². The van der Waals surface area contributed by atoms with Crippen LogP contribution in [0.15, 0.2) is 21.4 Å². The topological polar surface area (TPSA) is 65.1 Å². The van der Waals surface area contributed by atoms with Gasteiger partial charge in [0, 0.05) is 0 Å². The minimum absolute atomic E-state index is 0.265. The Morgan fingerprint density at radius 2 is 2.00 bits per heavy atom. The highest BCUT2D eigenvalue weighted by molar-refractivity contribution is 6.83. The summed E-state index contributed by atoms with van der Waals surface area (Å²) in [6.07, 6.45) is 0. The molecule has 0 N–H and O–H groups in total. The summed E-state index contributed by atoms with van der Waals surface area (Å²) in [7, 11) is -0.317. The molecule has 0 aromatic carbocycles. The third-order valence-electron chi connectivity index (χ3n) is 1.60. The van der Waals surface area contributed by atoms with E-state index >= 15 is 0 Å². The lowest BCUT2D eigenvalue weighted by molar-refractivity contribution is -0.136. The summed E-state index contributed by atoms with van der Waals surface area (Å²) in [5, 5.41) is 8.06. The van der Waals surface area contributed by atoms with Crippen molar-refractivity contribution in [2.24, 2.45) is 10.3 Å². The zero-order valence-electron chi connectivity index (χ0n) is 8.16. The molecular weight excluding hydrogens is 186 g/mol. The van der Waals surface area contributed by atoms with E-state index in [1.807, 2.05) is 0 Å². The highest BCUT2D eigenvalue weighted by Crippen LogP contribution is 2.24. The lowest BCUT2D eigenvalue weighted by Crippen LogP contribution is -2.26. The zero-order valence-corrected chi connectivity index (χ0v) is 9.16. The second kappa shape index (κ2) is 3.29. The average Bonchev–Trinajstić information content (AvgIpc) is 2.49. The summed E-state index contributed by atoms with van der Waals surface area (Å²) >= 11 is 0. The van der Waals surface area contributed by atoms with E-state index in [1.54, 1.807) is 0 Å². The molecular formula is C7H12N3O2Si.